The molecule has 0 atom stereocenters. The molecular weight excluding hydrogens is 210 g/mol. The lowest BCUT2D eigenvalue weighted by molar-refractivity contribution is 0.0958. The largest absolute Gasteiger partial charge is 0.384 e. The third kappa shape index (κ3) is 2.68. The second-order valence-corrected chi connectivity index (χ2v) is 4.86. The lowest BCUT2D eigenvalue weighted by Crippen LogP contribution is -2.07. The number of nitrogens with one attached hydrogen (secondary N) is 1. The number of Topliss-reactive ketones (excluding diaryl/α,β-unsaturated/α-hetero) is 1. The van der Waals surface area contributed by atoms with Gasteiger partial charge in [-0.3, -0.25) is 4.79 Å². The summed E-state index contributed by atoms with van der Waals surface area (Å²) >= 11 is 0. The number of hydrogen-bond donors (Lipinski definition) is 1. The van der Waals surface area contributed by atoms with Gasteiger partial charge in [0.1, 0.15) is 0 Å². The van der Waals surface area contributed by atoms with Crippen LogP contribution in [0.4, 0.5) is 5.69 Å². The SMILES string of the molecule is CCC(CC)CC(=O)c1ccc2c(c1)CCN2. The van der Waals surface area contributed by atoms with Crippen molar-refractivity contribution < 1.29 is 4.79 Å². The van der Waals surface area contributed by atoms with Gasteiger partial charge in [-0.25, -0.2) is 0 Å². The predicted molar refractivity (Wildman–Crippen MR) is 71.7 cm³/mol. The molecular formula is C15H21NO. The van der Waals surface area contributed by atoms with Crippen molar-refractivity contribution in [2.45, 2.75) is 39.5 Å². The van der Waals surface area contributed by atoms with Crippen LogP contribution in [0.25, 0.3) is 0 Å². The van der Waals surface area contributed by atoms with Crippen molar-refractivity contribution >= 4 is 11.5 Å². The zero-order valence-corrected chi connectivity index (χ0v) is 10.8. The van der Waals surface area contributed by atoms with Crippen LogP contribution in [0.15, 0.2) is 18.2 Å². The Morgan fingerprint density at radius 1 is 1.35 bits per heavy atom. The summed E-state index contributed by atoms with van der Waals surface area (Å²) in [4.78, 5) is 12.2. The Morgan fingerprint density at radius 3 is 2.82 bits per heavy atom. The van der Waals surface area contributed by atoms with Gasteiger partial charge in [0, 0.05) is 24.2 Å². The fourth-order valence-electron chi connectivity index (χ4n) is 2.44. The van der Waals surface area contributed by atoms with Crippen LogP contribution in [0.2, 0.25) is 0 Å². The van der Waals surface area contributed by atoms with Crippen LogP contribution in [0.1, 0.15) is 49.0 Å². The first-order chi connectivity index (χ1) is 8.24. The number of rotatable bonds is 5. The summed E-state index contributed by atoms with van der Waals surface area (Å²) < 4.78 is 0. The molecule has 0 spiro atoms. The van der Waals surface area contributed by atoms with Crippen molar-refractivity contribution in [3.8, 4) is 0 Å². The topological polar surface area (TPSA) is 29.1 Å². The van der Waals surface area contributed by atoms with E-state index in [0.717, 1.165) is 31.4 Å². The Labute approximate surface area is 103 Å². The molecule has 17 heavy (non-hydrogen) atoms. The van der Waals surface area contributed by atoms with E-state index in [0.29, 0.717) is 18.1 Å². The Morgan fingerprint density at radius 2 is 2.12 bits per heavy atom. The highest BCUT2D eigenvalue weighted by molar-refractivity contribution is 5.97. The molecule has 0 unspecified atom stereocenters. The van der Waals surface area contributed by atoms with E-state index in [-0.39, 0.29) is 0 Å². The first-order valence-corrected chi connectivity index (χ1v) is 6.64. The predicted octanol–water partition coefficient (Wildman–Crippen LogP) is 3.66. The number of hydrogen-bond acceptors (Lipinski definition) is 2. The minimum absolute atomic E-state index is 0.299. The van der Waals surface area contributed by atoms with Gasteiger partial charge in [0.15, 0.2) is 5.78 Å². The quantitative estimate of drug-likeness (QED) is 0.783. The lowest BCUT2D eigenvalue weighted by Gasteiger charge is -2.11. The van der Waals surface area contributed by atoms with E-state index in [9.17, 15) is 4.79 Å². The Kier molecular flexibility index (Phi) is 3.82. The van der Waals surface area contributed by atoms with Crippen LogP contribution in [0, 0.1) is 5.92 Å². The fourth-order valence-corrected chi connectivity index (χ4v) is 2.44. The molecule has 1 heterocycles. The number of ketones is 1. The standard InChI is InChI=1S/C15H21NO/c1-3-11(4-2)9-15(17)13-5-6-14-12(10-13)7-8-16-14/h5-6,10-11,16H,3-4,7-9H2,1-2H3. The number of benzene rings is 1. The first kappa shape index (κ1) is 12.2. The fraction of sp³-hybridized carbons (Fsp3) is 0.533. The average molecular weight is 231 g/mol. The first-order valence-electron chi connectivity index (χ1n) is 6.64. The highest BCUT2D eigenvalue weighted by atomic mass is 16.1. The number of anilines is 1. The second-order valence-electron chi connectivity index (χ2n) is 4.86. The molecule has 1 aliphatic heterocycles. The van der Waals surface area contributed by atoms with E-state index in [1.165, 1.54) is 11.3 Å². The maximum Gasteiger partial charge on any atom is 0.163 e. The zero-order valence-electron chi connectivity index (χ0n) is 10.8. The smallest absolute Gasteiger partial charge is 0.163 e. The summed E-state index contributed by atoms with van der Waals surface area (Å²) in [6.45, 7) is 5.32. The summed E-state index contributed by atoms with van der Waals surface area (Å²) in [7, 11) is 0. The molecule has 0 aromatic heterocycles. The van der Waals surface area contributed by atoms with Crippen LogP contribution >= 0.6 is 0 Å². The van der Waals surface area contributed by atoms with Crippen LogP contribution in [-0.4, -0.2) is 12.3 Å². The summed E-state index contributed by atoms with van der Waals surface area (Å²) in [5, 5.41) is 3.32. The molecule has 1 aromatic carbocycles. The molecule has 2 heteroatoms. The molecule has 0 aliphatic carbocycles. The van der Waals surface area contributed by atoms with Gasteiger partial charge in [-0.05, 0) is 36.1 Å². The van der Waals surface area contributed by atoms with Gasteiger partial charge in [0.05, 0.1) is 0 Å². The summed E-state index contributed by atoms with van der Waals surface area (Å²) in [6, 6.07) is 6.07. The van der Waals surface area contributed by atoms with Crippen molar-refractivity contribution in [2.75, 3.05) is 11.9 Å². The summed E-state index contributed by atoms with van der Waals surface area (Å²) in [5.74, 6) is 0.835. The molecule has 2 nitrogen and oxygen atoms in total. The van der Waals surface area contributed by atoms with Crippen LogP contribution in [0.3, 0.4) is 0 Å². The Balaban J connectivity index is 2.09. The van der Waals surface area contributed by atoms with Gasteiger partial charge in [-0.15, -0.1) is 0 Å². The van der Waals surface area contributed by atoms with Gasteiger partial charge < -0.3 is 5.32 Å². The van der Waals surface area contributed by atoms with E-state index in [2.05, 4.69) is 25.2 Å². The van der Waals surface area contributed by atoms with Gasteiger partial charge in [-0.1, -0.05) is 26.7 Å². The maximum absolute atomic E-state index is 12.2. The zero-order chi connectivity index (χ0) is 12.3. The normalized spacial score (nSPS) is 13.6. The van der Waals surface area contributed by atoms with Crippen LogP contribution in [0.5, 0.6) is 0 Å². The minimum atomic E-state index is 0.299. The molecule has 1 aromatic rings. The number of carbonyl (C=O) groups excluding carboxylic acids is 1. The molecule has 0 bridgehead atoms. The molecule has 2 rings (SSSR count). The van der Waals surface area contributed by atoms with E-state index in [4.69, 9.17) is 0 Å². The van der Waals surface area contributed by atoms with Crippen molar-refractivity contribution in [1.29, 1.82) is 0 Å². The lowest BCUT2D eigenvalue weighted by atomic mass is 9.93. The minimum Gasteiger partial charge on any atom is -0.384 e. The van der Waals surface area contributed by atoms with Gasteiger partial charge in [0.2, 0.25) is 0 Å². The maximum atomic E-state index is 12.2. The summed E-state index contributed by atoms with van der Waals surface area (Å²) in [5.41, 5.74) is 3.38. The Bertz CT molecular complexity index is 407. The number of fused-ring (bicyclic) bond motifs is 1. The molecule has 0 fully saturated rings. The molecule has 92 valence electrons. The Hall–Kier alpha value is -1.31. The van der Waals surface area contributed by atoms with Crippen molar-refractivity contribution in [1.82, 2.24) is 0 Å². The van der Waals surface area contributed by atoms with Gasteiger partial charge in [-0.2, -0.15) is 0 Å². The molecule has 1 N–H and O–H groups in total. The van der Waals surface area contributed by atoms with E-state index < -0.39 is 0 Å². The highest BCUT2D eigenvalue weighted by Gasteiger charge is 2.15. The second kappa shape index (κ2) is 5.35. The van der Waals surface area contributed by atoms with Crippen LogP contribution < -0.4 is 5.32 Å². The molecule has 0 amide bonds. The van der Waals surface area contributed by atoms with Gasteiger partial charge in [0.25, 0.3) is 0 Å². The van der Waals surface area contributed by atoms with Crippen molar-refractivity contribution in [3.63, 3.8) is 0 Å². The average Bonchev–Trinajstić information content (AvgIpc) is 2.82. The van der Waals surface area contributed by atoms with Crippen molar-refractivity contribution in [3.05, 3.63) is 29.3 Å². The molecule has 1 aliphatic rings. The third-order valence-corrected chi connectivity index (χ3v) is 3.77. The molecule has 0 saturated carbocycles. The van der Waals surface area contributed by atoms with E-state index in [1.807, 2.05) is 12.1 Å². The highest BCUT2D eigenvalue weighted by Crippen LogP contribution is 2.24. The van der Waals surface area contributed by atoms with Crippen molar-refractivity contribution in [2.24, 2.45) is 5.92 Å². The van der Waals surface area contributed by atoms with E-state index in [1.54, 1.807) is 0 Å². The van der Waals surface area contributed by atoms with Crippen LogP contribution in [-0.2, 0) is 6.42 Å². The summed E-state index contributed by atoms with van der Waals surface area (Å²) in [6.07, 6.45) is 3.92. The molecule has 0 radical (unpaired) electrons. The van der Waals surface area contributed by atoms with E-state index >= 15 is 0 Å². The number of carbonyl (C=O) groups is 1. The monoisotopic (exact) mass is 231 g/mol. The third-order valence-electron chi connectivity index (χ3n) is 3.77. The van der Waals surface area contributed by atoms with Gasteiger partial charge >= 0.3 is 0 Å². The molecule has 0 saturated heterocycles.